The lowest BCUT2D eigenvalue weighted by Gasteiger charge is -2.49. The number of hydrogen-bond donors (Lipinski definition) is 2. The van der Waals surface area contributed by atoms with Crippen LogP contribution in [0.3, 0.4) is 0 Å². The molecule has 0 heterocycles. The third-order valence-corrected chi connectivity index (χ3v) is 4.05. The Balaban J connectivity index is 1.97. The van der Waals surface area contributed by atoms with Crippen LogP contribution in [0.15, 0.2) is 24.3 Å². The summed E-state index contributed by atoms with van der Waals surface area (Å²) in [6.45, 7) is 4.48. The van der Waals surface area contributed by atoms with Crippen molar-refractivity contribution in [2.75, 3.05) is 7.11 Å². The van der Waals surface area contributed by atoms with Gasteiger partial charge in [0.15, 0.2) is 0 Å². The van der Waals surface area contributed by atoms with Gasteiger partial charge in [-0.05, 0) is 24.1 Å². The van der Waals surface area contributed by atoms with Crippen LogP contribution in [-0.2, 0) is 11.3 Å². The Kier molecular flexibility index (Phi) is 3.92. The van der Waals surface area contributed by atoms with Crippen molar-refractivity contribution in [3.05, 3.63) is 35.4 Å². The van der Waals surface area contributed by atoms with Crippen LogP contribution >= 0.6 is 0 Å². The van der Waals surface area contributed by atoms with Gasteiger partial charge in [-0.2, -0.15) is 0 Å². The van der Waals surface area contributed by atoms with Gasteiger partial charge >= 0.3 is 0 Å². The van der Waals surface area contributed by atoms with E-state index in [9.17, 15) is 9.90 Å². The Bertz CT molecular complexity index is 453. The summed E-state index contributed by atoms with van der Waals surface area (Å²) in [4.78, 5) is 12.1. The number of aliphatic hydroxyl groups excluding tert-OH is 1. The van der Waals surface area contributed by atoms with Gasteiger partial charge in [0.1, 0.15) is 0 Å². The number of nitrogens with one attached hydrogen (secondary N) is 1. The lowest BCUT2D eigenvalue weighted by molar-refractivity contribution is -0.0689. The largest absolute Gasteiger partial charge is 0.392 e. The predicted molar refractivity (Wildman–Crippen MR) is 72.8 cm³/mol. The maximum atomic E-state index is 12.1. The van der Waals surface area contributed by atoms with E-state index in [1.54, 1.807) is 19.2 Å². The van der Waals surface area contributed by atoms with Gasteiger partial charge in [0.05, 0.1) is 12.7 Å². The van der Waals surface area contributed by atoms with E-state index in [4.69, 9.17) is 4.74 Å². The maximum absolute atomic E-state index is 12.1. The number of benzene rings is 1. The monoisotopic (exact) mass is 263 g/mol. The van der Waals surface area contributed by atoms with Crippen molar-refractivity contribution < 1.29 is 14.6 Å². The number of carbonyl (C=O) groups excluding carboxylic acids is 1. The Hall–Kier alpha value is -1.39. The number of methoxy groups -OCH3 is 1. The molecule has 1 amide bonds. The molecule has 1 saturated carbocycles. The van der Waals surface area contributed by atoms with Crippen molar-refractivity contribution in [1.29, 1.82) is 0 Å². The molecule has 4 heteroatoms. The lowest BCUT2D eigenvalue weighted by Crippen LogP contribution is -2.61. The minimum Gasteiger partial charge on any atom is -0.392 e. The fourth-order valence-corrected chi connectivity index (χ4v) is 2.31. The fraction of sp³-hybridized carbons (Fsp3) is 0.533. The molecular formula is C15H21NO3. The standard InChI is InChI=1S/C15H21NO3/c1-15(2)12(8-13(15)17)16-14(18)11-6-4-10(5-7-11)9-19-3/h4-7,12-13,17H,8-9H2,1-3H3,(H,16,18). The summed E-state index contributed by atoms with van der Waals surface area (Å²) in [5.74, 6) is -0.0889. The van der Waals surface area contributed by atoms with Crippen molar-refractivity contribution in [2.24, 2.45) is 5.41 Å². The first-order valence-electron chi connectivity index (χ1n) is 6.52. The van der Waals surface area contributed by atoms with Gasteiger partial charge in [0.25, 0.3) is 5.91 Å². The molecule has 19 heavy (non-hydrogen) atoms. The van der Waals surface area contributed by atoms with E-state index in [-0.39, 0.29) is 23.5 Å². The third-order valence-electron chi connectivity index (χ3n) is 4.05. The molecule has 0 radical (unpaired) electrons. The van der Waals surface area contributed by atoms with Gasteiger partial charge in [-0.15, -0.1) is 0 Å². The molecule has 0 aliphatic heterocycles. The molecule has 1 aliphatic carbocycles. The summed E-state index contributed by atoms with van der Waals surface area (Å²) in [6, 6.07) is 7.41. The van der Waals surface area contributed by atoms with Gasteiger partial charge < -0.3 is 15.2 Å². The molecule has 2 atom stereocenters. The van der Waals surface area contributed by atoms with E-state index in [1.165, 1.54) is 0 Å². The second kappa shape index (κ2) is 5.31. The minimum atomic E-state index is -0.332. The summed E-state index contributed by atoms with van der Waals surface area (Å²) in [7, 11) is 1.64. The highest BCUT2D eigenvalue weighted by atomic mass is 16.5. The van der Waals surface area contributed by atoms with Gasteiger partial charge in [-0.3, -0.25) is 4.79 Å². The van der Waals surface area contributed by atoms with E-state index in [0.29, 0.717) is 18.6 Å². The summed E-state index contributed by atoms with van der Waals surface area (Å²) in [5, 5.41) is 12.6. The topological polar surface area (TPSA) is 58.6 Å². The van der Waals surface area contributed by atoms with Crippen LogP contribution in [0.5, 0.6) is 0 Å². The molecule has 2 N–H and O–H groups in total. The van der Waals surface area contributed by atoms with Crippen LogP contribution in [0.25, 0.3) is 0 Å². The molecular weight excluding hydrogens is 242 g/mol. The second-order valence-electron chi connectivity index (χ2n) is 5.73. The highest BCUT2D eigenvalue weighted by Crippen LogP contribution is 2.40. The van der Waals surface area contributed by atoms with E-state index in [1.807, 2.05) is 26.0 Å². The fourth-order valence-electron chi connectivity index (χ4n) is 2.31. The molecule has 0 aromatic heterocycles. The van der Waals surface area contributed by atoms with Gasteiger partial charge in [-0.25, -0.2) is 0 Å². The van der Waals surface area contributed by atoms with Crippen LogP contribution in [0.2, 0.25) is 0 Å². The van der Waals surface area contributed by atoms with Crippen molar-refractivity contribution in [2.45, 2.75) is 39.0 Å². The van der Waals surface area contributed by atoms with Crippen LogP contribution in [0, 0.1) is 5.41 Å². The Morgan fingerprint density at radius 1 is 1.42 bits per heavy atom. The summed E-state index contributed by atoms with van der Waals surface area (Å²) in [5.41, 5.74) is 1.43. The zero-order chi connectivity index (χ0) is 14.0. The number of aliphatic hydroxyl groups is 1. The highest BCUT2D eigenvalue weighted by Gasteiger charge is 2.47. The molecule has 2 rings (SSSR count). The van der Waals surface area contributed by atoms with Crippen LogP contribution in [-0.4, -0.2) is 30.3 Å². The van der Waals surface area contributed by atoms with E-state index < -0.39 is 0 Å². The molecule has 0 saturated heterocycles. The molecule has 1 aromatic carbocycles. The Labute approximate surface area is 113 Å². The first-order chi connectivity index (χ1) is 8.95. The number of amides is 1. The van der Waals surface area contributed by atoms with Gasteiger partial charge in [0, 0.05) is 24.1 Å². The SMILES string of the molecule is COCc1ccc(C(=O)NC2CC(O)C2(C)C)cc1. The molecule has 1 aliphatic rings. The zero-order valence-electron chi connectivity index (χ0n) is 11.6. The number of carbonyl (C=O) groups is 1. The number of hydrogen-bond acceptors (Lipinski definition) is 3. The van der Waals surface area contributed by atoms with Crippen molar-refractivity contribution in [3.63, 3.8) is 0 Å². The third kappa shape index (κ3) is 2.80. The van der Waals surface area contributed by atoms with Crippen molar-refractivity contribution in [3.8, 4) is 0 Å². The smallest absolute Gasteiger partial charge is 0.251 e. The minimum absolute atomic E-state index is 0.0358. The number of ether oxygens (including phenoxy) is 1. The zero-order valence-corrected chi connectivity index (χ0v) is 11.6. The molecule has 2 unspecified atom stereocenters. The molecule has 0 spiro atoms. The van der Waals surface area contributed by atoms with Crippen LogP contribution < -0.4 is 5.32 Å². The number of rotatable bonds is 4. The first-order valence-corrected chi connectivity index (χ1v) is 6.52. The van der Waals surface area contributed by atoms with Crippen molar-refractivity contribution in [1.82, 2.24) is 5.32 Å². The predicted octanol–water partition coefficient (Wildman–Crippen LogP) is 1.72. The average molecular weight is 263 g/mol. The lowest BCUT2D eigenvalue weighted by atomic mass is 9.64. The second-order valence-corrected chi connectivity index (χ2v) is 5.73. The van der Waals surface area contributed by atoms with Gasteiger partial charge in [-0.1, -0.05) is 26.0 Å². The normalized spacial score (nSPS) is 24.6. The molecule has 104 valence electrons. The van der Waals surface area contributed by atoms with Crippen LogP contribution in [0.4, 0.5) is 0 Å². The Morgan fingerprint density at radius 3 is 2.53 bits per heavy atom. The molecule has 1 aromatic rings. The molecule has 4 nitrogen and oxygen atoms in total. The van der Waals surface area contributed by atoms with E-state index in [0.717, 1.165) is 5.56 Å². The summed E-state index contributed by atoms with van der Waals surface area (Å²) < 4.78 is 5.03. The summed E-state index contributed by atoms with van der Waals surface area (Å²) >= 11 is 0. The van der Waals surface area contributed by atoms with Crippen molar-refractivity contribution >= 4 is 5.91 Å². The first kappa shape index (κ1) is 14.0. The van der Waals surface area contributed by atoms with Crippen LogP contribution in [0.1, 0.15) is 36.2 Å². The molecule has 1 fully saturated rings. The van der Waals surface area contributed by atoms with E-state index >= 15 is 0 Å². The highest BCUT2D eigenvalue weighted by molar-refractivity contribution is 5.94. The maximum Gasteiger partial charge on any atom is 0.251 e. The summed E-state index contributed by atoms with van der Waals surface area (Å²) in [6.07, 6.45) is 0.294. The quantitative estimate of drug-likeness (QED) is 0.869. The average Bonchev–Trinajstić information content (AvgIpc) is 2.39. The van der Waals surface area contributed by atoms with Gasteiger partial charge in [0.2, 0.25) is 0 Å². The Morgan fingerprint density at radius 2 is 2.05 bits per heavy atom. The molecule has 0 bridgehead atoms. The van der Waals surface area contributed by atoms with E-state index in [2.05, 4.69) is 5.32 Å².